The zero-order chi connectivity index (χ0) is 26.7. The number of nitrogens with one attached hydrogen (secondary N) is 1. The fourth-order valence-corrected chi connectivity index (χ4v) is 4.80. The van der Waals surface area contributed by atoms with Crippen molar-refractivity contribution in [2.24, 2.45) is 0 Å². The number of hydrogen-bond acceptors (Lipinski definition) is 3. The topological polar surface area (TPSA) is 67.2 Å². The SMILES string of the molecule is Cc1ccccc1C(C(=O)NC1CCC(F)(F)CC1)N(C(=O)Cn1cnc(Cl)c1Cl)c1cccc(F)c1. The number of alkyl halides is 2. The number of amides is 2. The van der Waals surface area contributed by atoms with Crippen molar-refractivity contribution in [3.8, 4) is 0 Å². The molecule has 196 valence electrons. The molecule has 0 radical (unpaired) electrons. The summed E-state index contributed by atoms with van der Waals surface area (Å²) in [4.78, 5) is 32.6. The van der Waals surface area contributed by atoms with Crippen molar-refractivity contribution in [2.45, 2.75) is 57.2 Å². The molecule has 1 aromatic heterocycles. The molecule has 11 heteroatoms. The lowest BCUT2D eigenvalue weighted by molar-refractivity contribution is -0.128. The van der Waals surface area contributed by atoms with Gasteiger partial charge in [0.1, 0.15) is 23.6 Å². The average Bonchev–Trinajstić information content (AvgIpc) is 3.16. The van der Waals surface area contributed by atoms with Crippen molar-refractivity contribution in [1.82, 2.24) is 14.9 Å². The van der Waals surface area contributed by atoms with Gasteiger partial charge in [-0.2, -0.15) is 0 Å². The molecule has 37 heavy (non-hydrogen) atoms. The number of carbonyl (C=O) groups is 2. The summed E-state index contributed by atoms with van der Waals surface area (Å²) in [6, 6.07) is 10.6. The first-order valence-electron chi connectivity index (χ1n) is 11.7. The number of anilines is 1. The van der Waals surface area contributed by atoms with Crippen LogP contribution in [0.4, 0.5) is 18.9 Å². The Hall–Kier alpha value is -3.04. The van der Waals surface area contributed by atoms with E-state index in [0.717, 1.165) is 11.6 Å². The summed E-state index contributed by atoms with van der Waals surface area (Å²) >= 11 is 12.1. The van der Waals surface area contributed by atoms with Gasteiger partial charge in [0, 0.05) is 24.6 Å². The third-order valence-electron chi connectivity index (χ3n) is 6.45. The van der Waals surface area contributed by atoms with Crippen molar-refractivity contribution in [3.05, 3.63) is 82.1 Å². The van der Waals surface area contributed by atoms with E-state index in [0.29, 0.717) is 5.56 Å². The Bertz CT molecular complexity index is 1290. The van der Waals surface area contributed by atoms with E-state index in [2.05, 4.69) is 10.3 Å². The monoisotopic (exact) mass is 552 g/mol. The van der Waals surface area contributed by atoms with Crippen LogP contribution in [0.2, 0.25) is 10.3 Å². The fourth-order valence-electron chi connectivity index (χ4n) is 4.49. The van der Waals surface area contributed by atoms with Crippen LogP contribution in [0.1, 0.15) is 42.9 Å². The number of hydrogen-bond donors (Lipinski definition) is 1. The summed E-state index contributed by atoms with van der Waals surface area (Å²) in [6.45, 7) is 1.46. The number of aryl methyl sites for hydroxylation is 1. The first kappa shape index (κ1) is 27.0. The van der Waals surface area contributed by atoms with E-state index in [4.69, 9.17) is 23.2 Å². The molecule has 3 aromatic rings. The minimum Gasteiger partial charge on any atom is -0.351 e. The van der Waals surface area contributed by atoms with Crippen LogP contribution in [0.25, 0.3) is 0 Å². The lowest BCUT2D eigenvalue weighted by atomic mass is 9.91. The Kier molecular flexibility index (Phi) is 8.14. The molecule has 1 heterocycles. The van der Waals surface area contributed by atoms with Crippen LogP contribution < -0.4 is 10.2 Å². The minimum absolute atomic E-state index is 0.00840. The van der Waals surface area contributed by atoms with Crippen molar-refractivity contribution < 1.29 is 22.8 Å². The van der Waals surface area contributed by atoms with Crippen LogP contribution in [-0.4, -0.2) is 33.3 Å². The highest BCUT2D eigenvalue weighted by molar-refractivity contribution is 6.40. The van der Waals surface area contributed by atoms with Gasteiger partial charge in [-0.3, -0.25) is 14.5 Å². The van der Waals surface area contributed by atoms with Gasteiger partial charge in [0.15, 0.2) is 5.15 Å². The molecule has 6 nitrogen and oxygen atoms in total. The van der Waals surface area contributed by atoms with Crippen LogP contribution in [0.3, 0.4) is 0 Å². The fraction of sp³-hybridized carbons (Fsp3) is 0.346. The second-order valence-electron chi connectivity index (χ2n) is 9.10. The van der Waals surface area contributed by atoms with E-state index in [1.54, 1.807) is 31.2 Å². The summed E-state index contributed by atoms with van der Waals surface area (Å²) in [5.41, 5.74) is 1.37. The van der Waals surface area contributed by atoms with Crippen LogP contribution in [0, 0.1) is 12.7 Å². The molecule has 1 N–H and O–H groups in total. The molecule has 0 spiro atoms. The normalized spacial score (nSPS) is 16.3. The van der Waals surface area contributed by atoms with Crippen molar-refractivity contribution in [2.75, 3.05) is 4.90 Å². The highest BCUT2D eigenvalue weighted by Gasteiger charge is 2.39. The zero-order valence-electron chi connectivity index (χ0n) is 19.9. The Morgan fingerprint density at radius 2 is 1.86 bits per heavy atom. The van der Waals surface area contributed by atoms with Gasteiger partial charge in [-0.15, -0.1) is 0 Å². The smallest absolute Gasteiger partial charge is 0.248 e. The Balaban J connectivity index is 1.75. The lowest BCUT2D eigenvalue weighted by Gasteiger charge is -2.35. The van der Waals surface area contributed by atoms with E-state index >= 15 is 0 Å². The minimum atomic E-state index is -2.76. The lowest BCUT2D eigenvalue weighted by Crippen LogP contribution is -2.49. The van der Waals surface area contributed by atoms with Crippen LogP contribution >= 0.6 is 23.2 Å². The number of imidazole rings is 1. The van der Waals surface area contributed by atoms with E-state index < -0.39 is 35.6 Å². The van der Waals surface area contributed by atoms with Crippen molar-refractivity contribution in [3.63, 3.8) is 0 Å². The standard InChI is InChI=1S/C26H25Cl2F3N4O2/c1-16-5-2-3-8-20(16)22(25(37)33-18-9-11-26(30,31)12-10-18)35(19-7-4-6-17(29)13-19)21(36)14-34-15-32-23(27)24(34)28/h2-8,13,15,18,22H,9-12,14H2,1H3,(H,33,37). The second kappa shape index (κ2) is 11.1. The summed E-state index contributed by atoms with van der Waals surface area (Å²) < 4.78 is 43.0. The van der Waals surface area contributed by atoms with E-state index in [9.17, 15) is 22.8 Å². The van der Waals surface area contributed by atoms with E-state index in [1.807, 2.05) is 0 Å². The van der Waals surface area contributed by atoms with Crippen LogP contribution in [-0.2, 0) is 16.1 Å². The third kappa shape index (κ3) is 6.27. The average molecular weight is 553 g/mol. The van der Waals surface area contributed by atoms with Crippen molar-refractivity contribution >= 4 is 40.7 Å². The number of nitrogens with zero attached hydrogens (tertiary/aromatic N) is 3. The van der Waals surface area contributed by atoms with E-state index in [1.165, 1.54) is 34.0 Å². The highest BCUT2D eigenvalue weighted by atomic mass is 35.5. The largest absolute Gasteiger partial charge is 0.351 e. The number of halogens is 5. The maximum Gasteiger partial charge on any atom is 0.248 e. The molecular weight excluding hydrogens is 528 g/mol. The van der Waals surface area contributed by atoms with Gasteiger partial charge in [0.05, 0.1) is 6.33 Å². The first-order chi connectivity index (χ1) is 17.6. The predicted octanol–water partition coefficient (Wildman–Crippen LogP) is 6.11. The molecule has 2 aromatic carbocycles. The Morgan fingerprint density at radius 1 is 1.16 bits per heavy atom. The number of aromatic nitrogens is 2. The molecule has 2 amide bonds. The van der Waals surface area contributed by atoms with E-state index in [-0.39, 0.29) is 48.2 Å². The van der Waals surface area contributed by atoms with Gasteiger partial charge in [-0.05, 0) is 49.1 Å². The maximum absolute atomic E-state index is 14.3. The summed E-state index contributed by atoms with van der Waals surface area (Å²) in [5, 5.41) is 2.90. The molecule has 1 unspecified atom stereocenters. The highest BCUT2D eigenvalue weighted by Crippen LogP contribution is 2.35. The third-order valence-corrected chi connectivity index (χ3v) is 7.22. The molecule has 1 aliphatic rings. The van der Waals surface area contributed by atoms with Gasteiger partial charge >= 0.3 is 0 Å². The molecular formula is C26H25Cl2F3N4O2. The number of rotatable bonds is 7. The molecule has 1 fully saturated rings. The molecule has 0 bridgehead atoms. The maximum atomic E-state index is 14.3. The van der Waals surface area contributed by atoms with Gasteiger partial charge in [-0.1, -0.05) is 53.5 Å². The molecule has 1 saturated carbocycles. The molecule has 0 saturated heterocycles. The molecule has 1 atom stereocenters. The van der Waals surface area contributed by atoms with Gasteiger partial charge in [0.25, 0.3) is 0 Å². The van der Waals surface area contributed by atoms with Crippen LogP contribution in [0.15, 0.2) is 54.9 Å². The van der Waals surface area contributed by atoms with Crippen LogP contribution in [0.5, 0.6) is 0 Å². The molecule has 0 aliphatic heterocycles. The first-order valence-corrected chi connectivity index (χ1v) is 12.5. The quantitative estimate of drug-likeness (QED) is 0.384. The molecule has 1 aliphatic carbocycles. The second-order valence-corrected chi connectivity index (χ2v) is 9.81. The summed E-state index contributed by atoms with van der Waals surface area (Å²) in [6.07, 6.45) is 0.836. The van der Waals surface area contributed by atoms with Gasteiger partial charge < -0.3 is 9.88 Å². The van der Waals surface area contributed by atoms with Crippen molar-refractivity contribution in [1.29, 1.82) is 0 Å². The summed E-state index contributed by atoms with van der Waals surface area (Å²) in [7, 11) is 0. The number of carbonyl (C=O) groups excluding carboxylic acids is 2. The Morgan fingerprint density at radius 3 is 2.49 bits per heavy atom. The zero-order valence-corrected chi connectivity index (χ0v) is 21.4. The summed E-state index contributed by atoms with van der Waals surface area (Å²) in [5.74, 6) is -4.50. The number of benzene rings is 2. The molecule has 4 rings (SSSR count). The van der Waals surface area contributed by atoms with Gasteiger partial charge in [-0.25, -0.2) is 18.2 Å². The Labute approximate surface area is 222 Å². The predicted molar refractivity (Wildman–Crippen MR) is 135 cm³/mol. The van der Waals surface area contributed by atoms with Gasteiger partial charge in [0.2, 0.25) is 17.7 Å².